The number of aromatic nitrogens is 2. The molecule has 0 fully saturated rings. The monoisotopic (exact) mass is 414 g/mol. The van der Waals surface area contributed by atoms with Crippen molar-refractivity contribution >= 4 is 59.7 Å². The zero-order chi connectivity index (χ0) is 15.7. The predicted molar refractivity (Wildman–Crippen MR) is 79.4 cm³/mol. The Balaban J connectivity index is 2.50. The van der Waals surface area contributed by atoms with E-state index in [4.69, 9.17) is 21.0 Å². The van der Waals surface area contributed by atoms with Crippen LogP contribution >= 0.6 is 0 Å². The molecule has 0 unspecified atom stereocenters. The van der Waals surface area contributed by atoms with Crippen molar-refractivity contribution in [3.05, 3.63) is 20.6 Å². The molecular formula is C14H2N6Se2. The van der Waals surface area contributed by atoms with E-state index in [1.807, 2.05) is 36.4 Å². The Morgan fingerprint density at radius 2 is 1.09 bits per heavy atom. The van der Waals surface area contributed by atoms with E-state index in [0.717, 1.165) is 8.52 Å². The Bertz CT molecular complexity index is 1090. The van der Waals surface area contributed by atoms with Crippen LogP contribution in [0.4, 0.5) is 0 Å². The van der Waals surface area contributed by atoms with Gasteiger partial charge >= 0.3 is 136 Å². The fourth-order valence-corrected chi connectivity index (χ4v) is 5.67. The van der Waals surface area contributed by atoms with Crippen LogP contribution in [0, 0.1) is 45.3 Å². The molecule has 0 atom stereocenters. The van der Waals surface area contributed by atoms with E-state index in [-0.39, 0.29) is 40.2 Å². The van der Waals surface area contributed by atoms with E-state index in [2.05, 4.69) is 9.97 Å². The molecule has 0 aliphatic carbocycles. The second-order valence-corrected chi connectivity index (χ2v) is 8.32. The maximum atomic E-state index is 8.96. The average Bonchev–Trinajstić information content (AvgIpc) is 3.13. The summed E-state index contributed by atoms with van der Waals surface area (Å²) in [6, 6.07) is 11.3. The molecule has 0 aliphatic heterocycles. The molecule has 0 N–H and O–H groups in total. The van der Waals surface area contributed by atoms with Gasteiger partial charge in [0.15, 0.2) is 0 Å². The van der Waals surface area contributed by atoms with Gasteiger partial charge in [0, 0.05) is 0 Å². The van der Waals surface area contributed by atoms with Crippen molar-refractivity contribution in [2.24, 2.45) is 0 Å². The fraction of sp³-hybridized carbons (Fsp3) is 0. The zero-order valence-corrected chi connectivity index (χ0v) is 14.1. The van der Waals surface area contributed by atoms with E-state index in [0.29, 0.717) is 19.5 Å². The van der Waals surface area contributed by atoms with Gasteiger partial charge < -0.3 is 0 Å². The summed E-state index contributed by atoms with van der Waals surface area (Å²) in [4.78, 5) is 8.80. The van der Waals surface area contributed by atoms with E-state index in [1.165, 1.54) is 0 Å². The average molecular weight is 412 g/mol. The summed E-state index contributed by atoms with van der Waals surface area (Å²) in [5.74, 6) is 0. The SMILES string of the molecule is N#CC(C#N)=c1nc2c(ccc3[se]c(=C(C#N)C#N)nc32)[se]1. The van der Waals surface area contributed by atoms with Gasteiger partial charge in [0.1, 0.15) is 0 Å². The van der Waals surface area contributed by atoms with Crippen LogP contribution < -0.4 is 8.45 Å². The molecule has 0 bridgehead atoms. The first-order valence-electron chi connectivity index (χ1n) is 5.77. The van der Waals surface area contributed by atoms with Crippen molar-refractivity contribution in [1.29, 1.82) is 21.0 Å². The van der Waals surface area contributed by atoms with Gasteiger partial charge in [-0.2, -0.15) is 0 Å². The van der Waals surface area contributed by atoms with Gasteiger partial charge in [-0.15, -0.1) is 0 Å². The predicted octanol–water partition coefficient (Wildman–Crippen LogP) is -0.707. The van der Waals surface area contributed by atoms with Crippen LogP contribution in [0.2, 0.25) is 0 Å². The van der Waals surface area contributed by atoms with Crippen molar-refractivity contribution in [2.45, 2.75) is 0 Å². The van der Waals surface area contributed by atoms with Crippen molar-refractivity contribution < 1.29 is 0 Å². The first-order chi connectivity index (χ1) is 10.7. The number of fused-ring (bicyclic) bond motifs is 3. The van der Waals surface area contributed by atoms with Crippen LogP contribution in [0.25, 0.3) is 30.7 Å². The summed E-state index contributed by atoms with van der Waals surface area (Å²) in [5.41, 5.74) is 1.39. The second-order valence-electron chi connectivity index (χ2n) is 3.99. The zero-order valence-electron chi connectivity index (χ0n) is 10.7. The third-order valence-corrected chi connectivity index (χ3v) is 7.15. The third kappa shape index (κ3) is 2.14. The molecule has 22 heavy (non-hydrogen) atoms. The van der Waals surface area contributed by atoms with Crippen molar-refractivity contribution in [2.75, 3.05) is 0 Å². The standard InChI is InChI=1S/C14H2N6Se2/c15-3-7(4-16)13-19-11-9(21-13)1-2-10-12(11)20-14(22-10)8(5-17)6-18/h1-2H. The van der Waals surface area contributed by atoms with Crippen LogP contribution in [-0.2, 0) is 0 Å². The van der Waals surface area contributed by atoms with Crippen molar-refractivity contribution in [3.8, 4) is 24.3 Å². The summed E-state index contributed by atoms with van der Waals surface area (Å²) in [6.45, 7) is 0. The van der Waals surface area contributed by atoms with Crippen LogP contribution in [0.3, 0.4) is 0 Å². The summed E-state index contributed by atoms with van der Waals surface area (Å²) >= 11 is -0.402. The van der Waals surface area contributed by atoms with Gasteiger partial charge in [-0.3, -0.25) is 0 Å². The molecule has 0 saturated carbocycles. The summed E-state index contributed by atoms with van der Waals surface area (Å²) in [5, 5.41) is 35.8. The molecule has 3 rings (SSSR count). The fourth-order valence-electron chi connectivity index (χ4n) is 1.84. The van der Waals surface area contributed by atoms with E-state index in [9.17, 15) is 0 Å². The topological polar surface area (TPSA) is 121 Å². The van der Waals surface area contributed by atoms with Crippen LogP contribution in [0.5, 0.6) is 0 Å². The minimum atomic E-state index is -0.201. The maximum absolute atomic E-state index is 8.96. The van der Waals surface area contributed by atoms with Gasteiger partial charge in [0.2, 0.25) is 0 Å². The molecule has 0 saturated heterocycles. The number of nitrogens with zero attached hydrogens (tertiary/aromatic N) is 6. The first kappa shape index (κ1) is 14.2. The number of benzene rings is 1. The van der Waals surface area contributed by atoms with Gasteiger partial charge in [0.25, 0.3) is 0 Å². The normalized spacial score (nSPS) is 9.64. The molecule has 0 spiro atoms. The molecule has 3 aromatic rings. The molecule has 1 aromatic carbocycles. The second kappa shape index (κ2) is 5.59. The Labute approximate surface area is 135 Å². The summed E-state index contributed by atoms with van der Waals surface area (Å²) in [7, 11) is 0. The van der Waals surface area contributed by atoms with E-state index < -0.39 is 0 Å². The third-order valence-electron chi connectivity index (χ3n) is 2.79. The van der Waals surface area contributed by atoms with Gasteiger partial charge in [-0.1, -0.05) is 0 Å². The van der Waals surface area contributed by atoms with Crippen molar-refractivity contribution in [1.82, 2.24) is 9.97 Å². The van der Waals surface area contributed by atoms with E-state index in [1.54, 1.807) is 0 Å². The van der Waals surface area contributed by atoms with Crippen LogP contribution in [0.15, 0.2) is 12.1 Å². The summed E-state index contributed by atoms with van der Waals surface area (Å²) < 4.78 is 2.92. The Kier molecular flexibility index (Phi) is 3.62. The van der Waals surface area contributed by atoms with E-state index >= 15 is 0 Å². The molecule has 2 heterocycles. The molecular weight excluding hydrogens is 410 g/mol. The Hall–Kier alpha value is -2.70. The number of rotatable bonds is 0. The van der Waals surface area contributed by atoms with Crippen LogP contribution in [-0.4, -0.2) is 39.0 Å². The summed E-state index contributed by atoms with van der Waals surface area (Å²) in [6.07, 6.45) is 0. The van der Waals surface area contributed by atoms with Crippen LogP contribution in [0.1, 0.15) is 0 Å². The molecule has 0 aliphatic rings. The van der Waals surface area contributed by atoms with Gasteiger partial charge in [-0.05, 0) is 0 Å². The molecule has 0 amide bonds. The number of hydrogen-bond acceptors (Lipinski definition) is 6. The minimum absolute atomic E-state index is 0.0268. The number of nitriles is 4. The number of hydrogen-bond donors (Lipinski definition) is 0. The molecule has 100 valence electrons. The molecule has 8 heteroatoms. The Morgan fingerprint density at radius 1 is 0.727 bits per heavy atom. The van der Waals surface area contributed by atoms with Gasteiger partial charge in [0.05, 0.1) is 0 Å². The quantitative estimate of drug-likeness (QED) is 0.450. The molecule has 2 aromatic heterocycles. The van der Waals surface area contributed by atoms with Gasteiger partial charge in [-0.25, -0.2) is 0 Å². The first-order valence-corrected chi connectivity index (χ1v) is 9.19. The van der Waals surface area contributed by atoms with Crippen molar-refractivity contribution in [3.63, 3.8) is 0 Å². The molecule has 6 nitrogen and oxygen atoms in total. The molecule has 0 radical (unpaired) electrons. The Morgan fingerprint density at radius 3 is 1.41 bits per heavy atom.